The van der Waals surface area contributed by atoms with Crippen LogP contribution in [0.5, 0.6) is 5.75 Å². The van der Waals surface area contributed by atoms with Gasteiger partial charge in [0.1, 0.15) is 5.75 Å². The fourth-order valence-electron chi connectivity index (χ4n) is 1.19. The van der Waals surface area contributed by atoms with Gasteiger partial charge in [-0.2, -0.15) is 0 Å². The van der Waals surface area contributed by atoms with E-state index in [1.165, 1.54) is 5.56 Å². The SMILES string of the molecule is COCCC(C)Oc1ccc(C)cc1. The normalized spacial score (nSPS) is 12.5. The van der Waals surface area contributed by atoms with Crippen LogP contribution in [0.4, 0.5) is 0 Å². The van der Waals surface area contributed by atoms with Crippen LogP contribution >= 0.6 is 0 Å². The van der Waals surface area contributed by atoms with E-state index < -0.39 is 0 Å². The molecule has 1 atom stereocenters. The highest BCUT2D eigenvalue weighted by atomic mass is 16.5. The molecule has 0 amide bonds. The summed E-state index contributed by atoms with van der Waals surface area (Å²) < 4.78 is 10.7. The van der Waals surface area contributed by atoms with Gasteiger partial charge in [-0.15, -0.1) is 0 Å². The number of benzene rings is 1. The van der Waals surface area contributed by atoms with Gasteiger partial charge in [0.05, 0.1) is 6.10 Å². The van der Waals surface area contributed by atoms with Crippen LogP contribution in [0.1, 0.15) is 18.9 Å². The highest BCUT2D eigenvalue weighted by Gasteiger charge is 2.02. The summed E-state index contributed by atoms with van der Waals surface area (Å²) in [7, 11) is 1.71. The minimum absolute atomic E-state index is 0.206. The maximum Gasteiger partial charge on any atom is 0.119 e. The molecule has 1 aromatic carbocycles. The predicted octanol–water partition coefficient (Wildman–Crippen LogP) is 2.80. The van der Waals surface area contributed by atoms with E-state index in [4.69, 9.17) is 9.47 Å². The Hall–Kier alpha value is -1.02. The minimum atomic E-state index is 0.206. The van der Waals surface area contributed by atoms with Crippen LogP contribution in [0.25, 0.3) is 0 Å². The van der Waals surface area contributed by atoms with Crippen molar-refractivity contribution < 1.29 is 9.47 Å². The van der Waals surface area contributed by atoms with E-state index >= 15 is 0 Å². The third kappa shape index (κ3) is 3.79. The molecule has 0 spiro atoms. The Bertz CT molecular complexity index is 254. The van der Waals surface area contributed by atoms with Gasteiger partial charge in [0.25, 0.3) is 0 Å². The summed E-state index contributed by atoms with van der Waals surface area (Å²) in [4.78, 5) is 0. The van der Waals surface area contributed by atoms with E-state index in [2.05, 4.69) is 26.0 Å². The summed E-state index contributed by atoms with van der Waals surface area (Å²) >= 11 is 0. The number of hydrogen-bond acceptors (Lipinski definition) is 2. The lowest BCUT2D eigenvalue weighted by molar-refractivity contribution is 0.135. The topological polar surface area (TPSA) is 18.5 Å². The molecule has 0 radical (unpaired) electrons. The molecule has 0 saturated carbocycles. The second kappa shape index (κ2) is 5.66. The van der Waals surface area contributed by atoms with E-state index in [0.29, 0.717) is 0 Å². The Balaban J connectivity index is 2.39. The first-order valence-electron chi connectivity index (χ1n) is 4.94. The molecule has 1 aromatic rings. The first-order valence-corrected chi connectivity index (χ1v) is 4.94. The van der Waals surface area contributed by atoms with Crippen LogP contribution < -0.4 is 4.74 Å². The molecule has 0 fully saturated rings. The third-order valence-electron chi connectivity index (χ3n) is 2.09. The standard InChI is InChI=1S/C12H18O2/c1-10-4-6-12(7-5-10)14-11(2)8-9-13-3/h4-7,11H,8-9H2,1-3H3. The first-order chi connectivity index (χ1) is 6.72. The van der Waals surface area contributed by atoms with Crippen molar-refractivity contribution in [1.82, 2.24) is 0 Å². The minimum Gasteiger partial charge on any atom is -0.491 e. The summed E-state index contributed by atoms with van der Waals surface area (Å²) in [6.45, 7) is 4.87. The Kier molecular flexibility index (Phi) is 4.47. The zero-order valence-electron chi connectivity index (χ0n) is 9.12. The van der Waals surface area contributed by atoms with Crippen molar-refractivity contribution in [2.45, 2.75) is 26.4 Å². The molecule has 0 heterocycles. The highest BCUT2D eigenvalue weighted by Crippen LogP contribution is 2.14. The third-order valence-corrected chi connectivity index (χ3v) is 2.09. The van der Waals surface area contributed by atoms with Gasteiger partial charge in [0.2, 0.25) is 0 Å². The van der Waals surface area contributed by atoms with Crippen LogP contribution in [0, 0.1) is 6.92 Å². The summed E-state index contributed by atoms with van der Waals surface area (Å²) in [5.41, 5.74) is 1.25. The molecule has 1 rings (SSSR count). The first kappa shape index (κ1) is 11.1. The van der Waals surface area contributed by atoms with Gasteiger partial charge in [-0.25, -0.2) is 0 Å². The molecule has 0 aliphatic heterocycles. The van der Waals surface area contributed by atoms with Gasteiger partial charge < -0.3 is 9.47 Å². The van der Waals surface area contributed by atoms with E-state index in [0.717, 1.165) is 18.8 Å². The fraction of sp³-hybridized carbons (Fsp3) is 0.500. The van der Waals surface area contributed by atoms with Gasteiger partial charge in [0.15, 0.2) is 0 Å². The van der Waals surface area contributed by atoms with Gasteiger partial charge in [0, 0.05) is 20.1 Å². The maximum absolute atomic E-state index is 5.69. The Labute approximate surface area is 85.8 Å². The molecule has 0 saturated heterocycles. The monoisotopic (exact) mass is 194 g/mol. The van der Waals surface area contributed by atoms with E-state index in [9.17, 15) is 0 Å². The smallest absolute Gasteiger partial charge is 0.119 e. The fourth-order valence-corrected chi connectivity index (χ4v) is 1.19. The Morgan fingerprint density at radius 3 is 2.43 bits per heavy atom. The van der Waals surface area contributed by atoms with Gasteiger partial charge in [-0.05, 0) is 26.0 Å². The zero-order valence-corrected chi connectivity index (χ0v) is 9.12. The maximum atomic E-state index is 5.69. The van der Waals surface area contributed by atoms with Gasteiger partial charge in [-0.1, -0.05) is 17.7 Å². The van der Waals surface area contributed by atoms with Crippen LogP contribution in [-0.4, -0.2) is 19.8 Å². The number of aryl methyl sites for hydroxylation is 1. The molecule has 1 unspecified atom stereocenters. The van der Waals surface area contributed by atoms with Crippen LogP contribution in [0.2, 0.25) is 0 Å². The highest BCUT2D eigenvalue weighted by molar-refractivity contribution is 5.26. The van der Waals surface area contributed by atoms with E-state index in [-0.39, 0.29) is 6.10 Å². The molecular formula is C12H18O2. The second-order valence-electron chi connectivity index (χ2n) is 3.52. The zero-order chi connectivity index (χ0) is 10.4. The van der Waals surface area contributed by atoms with Crippen molar-refractivity contribution in [2.75, 3.05) is 13.7 Å². The molecule has 2 nitrogen and oxygen atoms in total. The van der Waals surface area contributed by atoms with Crippen LogP contribution in [0.3, 0.4) is 0 Å². The molecule has 0 aliphatic rings. The molecular weight excluding hydrogens is 176 g/mol. The largest absolute Gasteiger partial charge is 0.491 e. The van der Waals surface area contributed by atoms with Crippen molar-refractivity contribution >= 4 is 0 Å². The van der Waals surface area contributed by atoms with E-state index in [1.807, 2.05) is 12.1 Å². The van der Waals surface area contributed by atoms with E-state index in [1.54, 1.807) is 7.11 Å². The molecule has 14 heavy (non-hydrogen) atoms. The van der Waals surface area contributed by atoms with Crippen molar-refractivity contribution in [3.05, 3.63) is 29.8 Å². The molecule has 0 bridgehead atoms. The van der Waals surface area contributed by atoms with Crippen molar-refractivity contribution in [3.8, 4) is 5.75 Å². The number of methoxy groups -OCH3 is 1. The van der Waals surface area contributed by atoms with Crippen molar-refractivity contribution in [1.29, 1.82) is 0 Å². The summed E-state index contributed by atoms with van der Waals surface area (Å²) in [5.74, 6) is 0.930. The van der Waals surface area contributed by atoms with Gasteiger partial charge in [-0.3, -0.25) is 0 Å². The predicted molar refractivity (Wildman–Crippen MR) is 57.8 cm³/mol. The summed E-state index contributed by atoms with van der Waals surface area (Å²) in [5, 5.41) is 0. The van der Waals surface area contributed by atoms with Crippen molar-refractivity contribution in [2.24, 2.45) is 0 Å². The number of rotatable bonds is 5. The number of hydrogen-bond donors (Lipinski definition) is 0. The molecule has 78 valence electrons. The molecule has 0 aliphatic carbocycles. The Morgan fingerprint density at radius 1 is 1.21 bits per heavy atom. The average molecular weight is 194 g/mol. The molecule has 0 aromatic heterocycles. The Morgan fingerprint density at radius 2 is 1.86 bits per heavy atom. The second-order valence-corrected chi connectivity index (χ2v) is 3.52. The lowest BCUT2D eigenvalue weighted by atomic mass is 10.2. The summed E-state index contributed by atoms with van der Waals surface area (Å²) in [6, 6.07) is 8.11. The lowest BCUT2D eigenvalue weighted by Crippen LogP contribution is -2.14. The van der Waals surface area contributed by atoms with Crippen LogP contribution in [0.15, 0.2) is 24.3 Å². The van der Waals surface area contributed by atoms with Crippen molar-refractivity contribution in [3.63, 3.8) is 0 Å². The average Bonchev–Trinajstić information content (AvgIpc) is 2.18. The van der Waals surface area contributed by atoms with Gasteiger partial charge >= 0.3 is 0 Å². The van der Waals surface area contributed by atoms with Crippen LogP contribution in [-0.2, 0) is 4.74 Å². The summed E-state index contributed by atoms with van der Waals surface area (Å²) in [6.07, 6.45) is 1.13. The lowest BCUT2D eigenvalue weighted by Gasteiger charge is -2.14. The molecule has 0 N–H and O–H groups in total. The number of ether oxygens (including phenoxy) is 2. The molecule has 2 heteroatoms. The quantitative estimate of drug-likeness (QED) is 0.717.